The molecule has 0 aromatic carbocycles. The minimum absolute atomic E-state index is 0.584. The maximum Gasteiger partial charge on any atom is 0.191 e. The number of hydrogen-bond acceptors (Lipinski definition) is 3. The number of hydrogen-bond donors (Lipinski definition) is 2. The fraction of sp³-hybridized carbons (Fsp3) is 0.765. The van der Waals surface area contributed by atoms with E-state index >= 15 is 0 Å². The van der Waals surface area contributed by atoms with Gasteiger partial charge in [-0.2, -0.15) is 0 Å². The summed E-state index contributed by atoms with van der Waals surface area (Å²) in [5.74, 6) is 0.897. The Hall–Kier alpha value is -1.56. The van der Waals surface area contributed by atoms with Gasteiger partial charge in [-0.1, -0.05) is 0 Å². The van der Waals surface area contributed by atoms with Crippen LogP contribution in [0.25, 0.3) is 0 Å². The summed E-state index contributed by atoms with van der Waals surface area (Å²) in [6.07, 6.45) is 6.68. The van der Waals surface area contributed by atoms with Gasteiger partial charge in [-0.15, -0.1) is 0 Å². The van der Waals surface area contributed by atoms with Crippen LogP contribution in [0.1, 0.15) is 41.0 Å². The van der Waals surface area contributed by atoms with Gasteiger partial charge in [-0.25, -0.2) is 4.98 Å². The van der Waals surface area contributed by atoms with Gasteiger partial charge in [0.1, 0.15) is 0 Å². The van der Waals surface area contributed by atoms with Gasteiger partial charge in [0.05, 0.1) is 6.33 Å². The van der Waals surface area contributed by atoms with E-state index in [1.54, 1.807) is 6.20 Å². The topological polar surface area (TPSA) is 57.5 Å². The van der Waals surface area contributed by atoms with Crippen molar-refractivity contribution in [2.45, 2.75) is 59.7 Å². The number of guanidine groups is 1. The molecule has 1 aromatic heterocycles. The van der Waals surface area contributed by atoms with E-state index in [-0.39, 0.29) is 0 Å². The predicted octanol–water partition coefficient (Wildman–Crippen LogP) is 1.95. The molecule has 0 saturated carbocycles. The van der Waals surface area contributed by atoms with E-state index in [4.69, 9.17) is 0 Å². The maximum absolute atomic E-state index is 4.67. The third-order valence-corrected chi connectivity index (χ3v) is 3.74. The van der Waals surface area contributed by atoms with Crippen molar-refractivity contribution in [1.82, 2.24) is 25.1 Å². The molecular formula is C17H34N6. The molecule has 0 aliphatic carbocycles. The van der Waals surface area contributed by atoms with Gasteiger partial charge in [-0.3, -0.25) is 9.89 Å². The second-order valence-electron chi connectivity index (χ2n) is 6.27. The molecule has 0 saturated heterocycles. The van der Waals surface area contributed by atoms with E-state index in [1.165, 1.54) is 0 Å². The zero-order valence-corrected chi connectivity index (χ0v) is 15.4. The molecule has 0 bridgehead atoms. The van der Waals surface area contributed by atoms with Crippen LogP contribution in [0.2, 0.25) is 0 Å². The first-order chi connectivity index (χ1) is 11.0. The molecule has 0 amide bonds. The normalized spacial score (nSPS) is 12.4. The van der Waals surface area contributed by atoms with E-state index in [0.29, 0.717) is 12.1 Å². The van der Waals surface area contributed by atoms with Crippen LogP contribution in [0.3, 0.4) is 0 Å². The second kappa shape index (κ2) is 11.0. The average Bonchev–Trinajstić information content (AvgIpc) is 2.99. The highest BCUT2D eigenvalue weighted by Crippen LogP contribution is 2.05. The summed E-state index contributed by atoms with van der Waals surface area (Å²) in [6.45, 7) is 15.6. The van der Waals surface area contributed by atoms with Gasteiger partial charge < -0.3 is 15.2 Å². The smallest absolute Gasteiger partial charge is 0.191 e. The lowest BCUT2D eigenvalue weighted by atomic mass is 10.2. The molecule has 6 heteroatoms. The number of nitrogens with one attached hydrogen (secondary N) is 2. The molecule has 132 valence electrons. The van der Waals surface area contributed by atoms with Crippen LogP contribution in [0, 0.1) is 0 Å². The lowest BCUT2D eigenvalue weighted by molar-refractivity contribution is 0.174. The van der Waals surface area contributed by atoms with Gasteiger partial charge in [-0.05, 0) is 41.0 Å². The van der Waals surface area contributed by atoms with Crippen LogP contribution in [0.4, 0.5) is 0 Å². The van der Waals surface area contributed by atoms with E-state index in [9.17, 15) is 0 Å². The summed E-state index contributed by atoms with van der Waals surface area (Å²) in [5, 5.41) is 6.67. The van der Waals surface area contributed by atoms with E-state index in [2.05, 4.69) is 64.7 Å². The van der Waals surface area contributed by atoms with E-state index < -0.39 is 0 Å². The first-order valence-corrected chi connectivity index (χ1v) is 8.78. The van der Waals surface area contributed by atoms with Crippen molar-refractivity contribution in [3.8, 4) is 0 Å². The SMILES string of the molecule is CCNC(=NCCCN(C(C)C)C(C)C)NCCn1ccnc1. The van der Waals surface area contributed by atoms with Gasteiger partial charge in [0.15, 0.2) is 5.96 Å². The van der Waals surface area contributed by atoms with Crippen LogP contribution >= 0.6 is 0 Å². The van der Waals surface area contributed by atoms with Gasteiger partial charge in [0, 0.05) is 57.2 Å². The largest absolute Gasteiger partial charge is 0.357 e. The Morgan fingerprint density at radius 1 is 1.22 bits per heavy atom. The average molecular weight is 323 g/mol. The highest BCUT2D eigenvalue weighted by Gasteiger charge is 2.12. The standard InChI is InChI=1S/C17H34N6/c1-6-19-17(21-10-13-22-12-9-18-14-22)20-8-7-11-23(15(2)3)16(4)5/h9,12,14-16H,6-8,10-11,13H2,1-5H3,(H2,19,20,21). The fourth-order valence-corrected chi connectivity index (χ4v) is 2.62. The van der Waals surface area contributed by atoms with Gasteiger partial charge in [0.2, 0.25) is 0 Å². The zero-order chi connectivity index (χ0) is 17.1. The summed E-state index contributed by atoms with van der Waals surface area (Å²) in [6, 6.07) is 1.17. The Morgan fingerprint density at radius 3 is 2.52 bits per heavy atom. The molecule has 1 heterocycles. The quantitative estimate of drug-likeness (QED) is 0.393. The van der Waals surface area contributed by atoms with Crippen molar-refractivity contribution in [3.63, 3.8) is 0 Å². The Bertz CT molecular complexity index is 416. The summed E-state index contributed by atoms with van der Waals surface area (Å²) in [7, 11) is 0. The third-order valence-electron chi connectivity index (χ3n) is 3.74. The monoisotopic (exact) mass is 322 g/mol. The lowest BCUT2D eigenvalue weighted by Gasteiger charge is -2.30. The number of nitrogens with zero attached hydrogens (tertiary/aromatic N) is 4. The molecule has 23 heavy (non-hydrogen) atoms. The summed E-state index contributed by atoms with van der Waals surface area (Å²) >= 11 is 0. The van der Waals surface area contributed by atoms with Crippen molar-refractivity contribution >= 4 is 5.96 Å². The van der Waals surface area contributed by atoms with Crippen molar-refractivity contribution < 1.29 is 0 Å². The highest BCUT2D eigenvalue weighted by atomic mass is 15.2. The summed E-state index contributed by atoms with van der Waals surface area (Å²) < 4.78 is 2.06. The maximum atomic E-state index is 4.67. The molecule has 0 atom stereocenters. The minimum atomic E-state index is 0.584. The molecule has 0 aliphatic heterocycles. The second-order valence-corrected chi connectivity index (χ2v) is 6.27. The minimum Gasteiger partial charge on any atom is -0.357 e. The van der Waals surface area contributed by atoms with Gasteiger partial charge in [0.25, 0.3) is 0 Å². The number of imidazole rings is 1. The summed E-state index contributed by atoms with van der Waals surface area (Å²) in [5.41, 5.74) is 0. The van der Waals surface area contributed by atoms with Crippen molar-refractivity contribution in [1.29, 1.82) is 0 Å². The van der Waals surface area contributed by atoms with Gasteiger partial charge >= 0.3 is 0 Å². The van der Waals surface area contributed by atoms with Crippen molar-refractivity contribution in [2.75, 3.05) is 26.2 Å². The number of rotatable bonds is 10. The highest BCUT2D eigenvalue weighted by molar-refractivity contribution is 5.79. The Kier molecular flexibility index (Phi) is 9.36. The Morgan fingerprint density at radius 2 is 1.96 bits per heavy atom. The van der Waals surface area contributed by atoms with E-state index in [1.807, 2.05) is 12.5 Å². The van der Waals surface area contributed by atoms with Crippen LogP contribution in [0.5, 0.6) is 0 Å². The molecular weight excluding hydrogens is 288 g/mol. The van der Waals surface area contributed by atoms with Crippen molar-refractivity contribution in [2.24, 2.45) is 4.99 Å². The van der Waals surface area contributed by atoms with Crippen LogP contribution in [0.15, 0.2) is 23.7 Å². The molecule has 6 nitrogen and oxygen atoms in total. The van der Waals surface area contributed by atoms with Crippen LogP contribution < -0.4 is 10.6 Å². The lowest BCUT2D eigenvalue weighted by Crippen LogP contribution is -2.39. The Balaban J connectivity index is 2.33. The predicted molar refractivity (Wildman–Crippen MR) is 97.8 cm³/mol. The molecule has 0 aliphatic rings. The molecule has 0 fully saturated rings. The van der Waals surface area contributed by atoms with Crippen LogP contribution in [-0.2, 0) is 6.54 Å². The number of aromatic nitrogens is 2. The molecule has 0 unspecified atom stereocenters. The molecule has 1 aromatic rings. The number of aliphatic imine (C=N–C) groups is 1. The summed E-state index contributed by atoms with van der Waals surface area (Å²) in [4.78, 5) is 11.2. The Labute approximate surface area is 141 Å². The molecule has 1 rings (SSSR count). The van der Waals surface area contributed by atoms with E-state index in [0.717, 1.165) is 45.1 Å². The van der Waals surface area contributed by atoms with Crippen LogP contribution in [-0.4, -0.2) is 58.7 Å². The molecule has 0 spiro atoms. The first-order valence-electron chi connectivity index (χ1n) is 8.78. The van der Waals surface area contributed by atoms with Crippen molar-refractivity contribution in [3.05, 3.63) is 18.7 Å². The molecule has 0 radical (unpaired) electrons. The zero-order valence-electron chi connectivity index (χ0n) is 15.4. The fourth-order valence-electron chi connectivity index (χ4n) is 2.62. The molecule has 2 N–H and O–H groups in total. The first kappa shape index (κ1) is 19.5. The third kappa shape index (κ3) is 8.02.